The quantitative estimate of drug-likeness (QED) is 0.151. The molecule has 0 bridgehead atoms. The Morgan fingerprint density at radius 1 is 0.900 bits per heavy atom. The summed E-state index contributed by atoms with van der Waals surface area (Å²) in [7, 11) is 0. The van der Waals surface area contributed by atoms with Gasteiger partial charge in [-0.3, -0.25) is 24.0 Å². The highest BCUT2D eigenvalue weighted by Crippen LogP contribution is 2.02. The molecule has 0 saturated heterocycles. The minimum Gasteiger partial charge on any atom is -0.481 e. The zero-order valence-electron chi connectivity index (χ0n) is 16.8. The number of nitrogens with two attached hydrogens (primary N) is 2. The van der Waals surface area contributed by atoms with Crippen LogP contribution < -0.4 is 27.4 Å². The SMILES string of the molecule is CC(C)C(NC(=O)CNC(=O)C(CCC(N)=O)NC(=O)C(N)CCC(=O)O)C(=O)O. The standard InChI is InChI=1S/C17H29N5O8/c1-8(2)14(17(29)30)22-12(24)7-20-16(28)10(4-5-11(19)23)21-15(27)9(18)3-6-13(25)26/h8-10,14H,3-7,18H2,1-2H3,(H2,19,23)(H,20,28)(H,21,27)(H,22,24)(H,25,26)(H,29,30). The molecule has 0 saturated carbocycles. The molecule has 0 aromatic heterocycles. The van der Waals surface area contributed by atoms with Crippen molar-refractivity contribution < 1.29 is 39.0 Å². The summed E-state index contributed by atoms with van der Waals surface area (Å²) in [6, 6.07) is -3.60. The van der Waals surface area contributed by atoms with Crippen LogP contribution in [-0.2, 0) is 28.8 Å². The number of primary amides is 1. The molecule has 3 unspecified atom stereocenters. The molecule has 0 fully saturated rings. The Morgan fingerprint density at radius 2 is 1.50 bits per heavy atom. The van der Waals surface area contributed by atoms with Gasteiger partial charge < -0.3 is 37.6 Å². The molecule has 0 aliphatic heterocycles. The zero-order valence-corrected chi connectivity index (χ0v) is 16.8. The van der Waals surface area contributed by atoms with Crippen LogP contribution in [0.25, 0.3) is 0 Å². The van der Waals surface area contributed by atoms with E-state index in [1.165, 1.54) is 0 Å². The number of hydrogen-bond acceptors (Lipinski definition) is 7. The first-order valence-corrected chi connectivity index (χ1v) is 9.21. The molecule has 0 aromatic rings. The largest absolute Gasteiger partial charge is 0.481 e. The second-order valence-corrected chi connectivity index (χ2v) is 6.95. The van der Waals surface area contributed by atoms with Gasteiger partial charge in [0.05, 0.1) is 12.6 Å². The summed E-state index contributed by atoms with van der Waals surface area (Å²) >= 11 is 0. The van der Waals surface area contributed by atoms with E-state index in [1.807, 2.05) is 0 Å². The smallest absolute Gasteiger partial charge is 0.326 e. The lowest BCUT2D eigenvalue weighted by Gasteiger charge is -2.21. The number of carbonyl (C=O) groups excluding carboxylic acids is 4. The van der Waals surface area contributed by atoms with Gasteiger partial charge in [0.15, 0.2) is 0 Å². The third kappa shape index (κ3) is 10.9. The fourth-order valence-corrected chi connectivity index (χ4v) is 2.27. The number of rotatable bonds is 14. The highest BCUT2D eigenvalue weighted by atomic mass is 16.4. The number of carboxylic acids is 2. The van der Waals surface area contributed by atoms with E-state index in [-0.39, 0.29) is 25.7 Å². The third-order valence-corrected chi connectivity index (χ3v) is 3.99. The molecule has 0 rings (SSSR count). The van der Waals surface area contributed by atoms with Crippen LogP contribution in [0.4, 0.5) is 0 Å². The minimum atomic E-state index is -1.26. The molecule has 0 radical (unpaired) electrons. The maximum Gasteiger partial charge on any atom is 0.326 e. The zero-order chi connectivity index (χ0) is 23.4. The first-order valence-electron chi connectivity index (χ1n) is 9.21. The van der Waals surface area contributed by atoms with Crippen LogP contribution in [0.2, 0.25) is 0 Å². The molecule has 0 aliphatic carbocycles. The topological polar surface area (TPSA) is 231 Å². The number of carbonyl (C=O) groups is 6. The van der Waals surface area contributed by atoms with Gasteiger partial charge in [-0.25, -0.2) is 4.79 Å². The Morgan fingerprint density at radius 3 is 1.97 bits per heavy atom. The highest BCUT2D eigenvalue weighted by molar-refractivity contribution is 5.93. The average molecular weight is 431 g/mol. The van der Waals surface area contributed by atoms with E-state index in [1.54, 1.807) is 13.8 Å². The Balaban J connectivity index is 4.91. The van der Waals surface area contributed by atoms with Gasteiger partial charge in [-0.15, -0.1) is 0 Å². The van der Waals surface area contributed by atoms with Crippen LogP contribution in [0.3, 0.4) is 0 Å². The number of aliphatic carboxylic acids is 2. The first-order chi connectivity index (χ1) is 13.8. The predicted molar refractivity (Wildman–Crippen MR) is 103 cm³/mol. The lowest BCUT2D eigenvalue weighted by molar-refractivity contribution is -0.143. The van der Waals surface area contributed by atoms with Gasteiger partial charge in [-0.2, -0.15) is 0 Å². The first kappa shape index (κ1) is 26.8. The molecule has 13 heteroatoms. The normalized spacial score (nSPS) is 13.6. The maximum atomic E-state index is 12.3. The van der Waals surface area contributed by atoms with Gasteiger partial charge in [-0.05, 0) is 18.8 Å². The molecule has 0 heterocycles. The minimum absolute atomic E-state index is 0.167. The average Bonchev–Trinajstić information content (AvgIpc) is 2.64. The molecule has 0 aromatic carbocycles. The molecular weight excluding hydrogens is 402 g/mol. The summed E-state index contributed by atoms with van der Waals surface area (Å²) in [6.07, 6.45) is -0.944. The molecule has 4 amide bonds. The van der Waals surface area contributed by atoms with Crippen molar-refractivity contribution in [3.63, 3.8) is 0 Å². The van der Waals surface area contributed by atoms with Gasteiger partial charge >= 0.3 is 11.9 Å². The molecule has 30 heavy (non-hydrogen) atoms. The van der Waals surface area contributed by atoms with E-state index in [4.69, 9.17) is 21.7 Å². The lowest BCUT2D eigenvalue weighted by Crippen LogP contribution is -2.54. The number of hydrogen-bond donors (Lipinski definition) is 7. The number of amides is 4. The predicted octanol–water partition coefficient (Wildman–Crippen LogP) is -2.73. The van der Waals surface area contributed by atoms with Crippen molar-refractivity contribution in [1.82, 2.24) is 16.0 Å². The lowest BCUT2D eigenvalue weighted by atomic mass is 10.0. The monoisotopic (exact) mass is 431 g/mol. The molecule has 0 spiro atoms. The van der Waals surface area contributed by atoms with Crippen molar-refractivity contribution in [2.24, 2.45) is 17.4 Å². The van der Waals surface area contributed by atoms with Crippen LogP contribution in [0.5, 0.6) is 0 Å². The molecule has 13 nitrogen and oxygen atoms in total. The summed E-state index contributed by atoms with van der Waals surface area (Å²) in [6.45, 7) is 2.63. The summed E-state index contributed by atoms with van der Waals surface area (Å²) in [4.78, 5) is 69.0. The van der Waals surface area contributed by atoms with Crippen molar-refractivity contribution >= 4 is 35.6 Å². The van der Waals surface area contributed by atoms with Crippen LogP contribution in [-0.4, -0.2) is 70.5 Å². The summed E-state index contributed by atoms with van der Waals surface area (Å²) in [5.74, 6) is -5.88. The summed E-state index contributed by atoms with van der Waals surface area (Å²) < 4.78 is 0. The van der Waals surface area contributed by atoms with Crippen LogP contribution in [0, 0.1) is 5.92 Å². The molecule has 0 aliphatic rings. The van der Waals surface area contributed by atoms with E-state index >= 15 is 0 Å². The van der Waals surface area contributed by atoms with E-state index in [0.29, 0.717) is 0 Å². The third-order valence-electron chi connectivity index (χ3n) is 3.99. The van der Waals surface area contributed by atoms with Gasteiger partial charge in [0.1, 0.15) is 12.1 Å². The molecule has 170 valence electrons. The highest BCUT2D eigenvalue weighted by Gasteiger charge is 2.26. The Bertz CT molecular complexity index is 667. The maximum absolute atomic E-state index is 12.3. The molecule has 3 atom stereocenters. The van der Waals surface area contributed by atoms with E-state index in [9.17, 15) is 28.8 Å². The van der Waals surface area contributed by atoms with E-state index in [2.05, 4.69) is 16.0 Å². The van der Waals surface area contributed by atoms with E-state index in [0.717, 1.165) is 0 Å². The Labute approximate surface area is 172 Å². The van der Waals surface area contributed by atoms with E-state index < -0.39 is 66.2 Å². The van der Waals surface area contributed by atoms with Gasteiger partial charge in [0.25, 0.3) is 0 Å². The molecule has 9 N–H and O–H groups in total. The van der Waals surface area contributed by atoms with Crippen LogP contribution in [0.15, 0.2) is 0 Å². The van der Waals surface area contributed by atoms with Crippen LogP contribution >= 0.6 is 0 Å². The number of carboxylic acid groups (broad SMARTS) is 2. The number of nitrogens with one attached hydrogen (secondary N) is 3. The second-order valence-electron chi connectivity index (χ2n) is 6.95. The summed E-state index contributed by atoms with van der Waals surface area (Å²) in [5, 5.41) is 24.5. The van der Waals surface area contributed by atoms with Crippen molar-refractivity contribution in [1.29, 1.82) is 0 Å². The Hall–Kier alpha value is -3.22. The molecular formula is C17H29N5O8. The second kappa shape index (κ2) is 13.1. The van der Waals surface area contributed by atoms with Crippen molar-refractivity contribution in [2.75, 3.05) is 6.54 Å². The van der Waals surface area contributed by atoms with Crippen molar-refractivity contribution in [2.45, 2.75) is 57.7 Å². The van der Waals surface area contributed by atoms with Gasteiger partial charge in [0.2, 0.25) is 23.6 Å². The van der Waals surface area contributed by atoms with Crippen molar-refractivity contribution in [3.8, 4) is 0 Å². The van der Waals surface area contributed by atoms with Gasteiger partial charge in [-0.1, -0.05) is 13.8 Å². The fourth-order valence-electron chi connectivity index (χ4n) is 2.27. The van der Waals surface area contributed by atoms with Crippen LogP contribution in [0.1, 0.15) is 39.5 Å². The van der Waals surface area contributed by atoms with Crippen molar-refractivity contribution in [3.05, 3.63) is 0 Å². The summed E-state index contributed by atoms with van der Waals surface area (Å²) in [5.41, 5.74) is 10.6. The van der Waals surface area contributed by atoms with Gasteiger partial charge in [0, 0.05) is 12.8 Å². The fraction of sp³-hybridized carbons (Fsp3) is 0.647. The Kier molecular flexibility index (Phi) is 11.7.